The van der Waals surface area contributed by atoms with Gasteiger partial charge in [0.2, 0.25) is 0 Å². The topological polar surface area (TPSA) is 35.5 Å². The molecular weight excluding hydrogens is 224 g/mol. The Bertz CT molecular complexity index is 386. The molecule has 0 amide bonds. The van der Waals surface area contributed by atoms with Gasteiger partial charge in [0.15, 0.2) is 0 Å². The van der Waals surface area contributed by atoms with Gasteiger partial charge in [-0.15, -0.1) is 0 Å². The number of nitrogens with one attached hydrogen (secondary N) is 1. The molecule has 0 aliphatic heterocycles. The average Bonchev–Trinajstić information content (AvgIpc) is 2.35. The fraction of sp³-hybridized carbons (Fsp3) is 0.600. The first kappa shape index (κ1) is 15.0. The summed E-state index contributed by atoms with van der Waals surface area (Å²) in [4.78, 5) is 2.25. The van der Waals surface area contributed by atoms with Crippen LogP contribution in [0.5, 0.6) is 0 Å². The second kappa shape index (κ2) is 6.21. The van der Waals surface area contributed by atoms with Crippen LogP contribution < -0.4 is 10.2 Å². The van der Waals surface area contributed by atoms with Gasteiger partial charge in [-0.25, -0.2) is 0 Å². The Balaban J connectivity index is 2.68. The monoisotopic (exact) mass is 250 g/mol. The molecule has 0 aromatic heterocycles. The third-order valence-electron chi connectivity index (χ3n) is 3.72. The molecule has 1 aromatic rings. The highest BCUT2D eigenvalue weighted by atomic mass is 16.3. The standard InChI is InChI=1S/C15H26N2O/c1-12-6-7-14(13(2)10-12)17(5)9-8-15(3,11-18)16-4/h6-7,10,16,18H,8-9,11H2,1-5H3. The third-order valence-corrected chi connectivity index (χ3v) is 3.72. The first-order chi connectivity index (χ1) is 8.41. The van der Waals surface area contributed by atoms with Gasteiger partial charge >= 0.3 is 0 Å². The second-order valence-corrected chi connectivity index (χ2v) is 5.43. The fourth-order valence-corrected chi connectivity index (χ4v) is 2.05. The van der Waals surface area contributed by atoms with Crippen molar-refractivity contribution in [3.8, 4) is 0 Å². The molecule has 102 valence electrons. The summed E-state index contributed by atoms with van der Waals surface area (Å²) >= 11 is 0. The minimum atomic E-state index is -0.202. The predicted molar refractivity (Wildman–Crippen MR) is 78.4 cm³/mol. The number of nitrogens with zero attached hydrogens (tertiary/aromatic N) is 1. The normalized spacial score (nSPS) is 14.3. The van der Waals surface area contributed by atoms with Crippen LogP contribution in [-0.2, 0) is 0 Å². The summed E-state index contributed by atoms with van der Waals surface area (Å²) in [5.41, 5.74) is 3.65. The second-order valence-electron chi connectivity index (χ2n) is 5.43. The number of aliphatic hydroxyl groups is 1. The van der Waals surface area contributed by atoms with E-state index in [1.165, 1.54) is 16.8 Å². The van der Waals surface area contributed by atoms with Gasteiger partial charge in [0.25, 0.3) is 0 Å². The number of aliphatic hydroxyl groups excluding tert-OH is 1. The molecule has 0 aliphatic carbocycles. The van der Waals surface area contributed by atoms with Crippen LogP contribution in [-0.4, -0.2) is 37.9 Å². The maximum atomic E-state index is 9.38. The highest BCUT2D eigenvalue weighted by Crippen LogP contribution is 2.21. The molecule has 0 saturated heterocycles. The minimum Gasteiger partial charge on any atom is -0.394 e. The van der Waals surface area contributed by atoms with E-state index in [0.717, 1.165) is 13.0 Å². The number of hydrogen-bond acceptors (Lipinski definition) is 3. The predicted octanol–water partition coefficient (Wildman–Crippen LogP) is 2.10. The summed E-state index contributed by atoms with van der Waals surface area (Å²) < 4.78 is 0. The Morgan fingerprint density at radius 1 is 1.33 bits per heavy atom. The molecule has 3 nitrogen and oxygen atoms in total. The molecule has 3 heteroatoms. The molecule has 0 heterocycles. The Labute approximate surface area is 111 Å². The van der Waals surface area contributed by atoms with E-state index in [2.05, 4.69) is 49.3 Å². The summed E-state index contributed by atoms with van der Waals surface area (Å²) in [5, 5.41) is 12.6. The molecule has 0 aliphatic rings. The minimum absolute atomic E-state index is 0.157. The molecule has 2 N–H and O–H groups in total. The SMILES string of the molecule is CNC(C)(CO)CCN(C)c1ccc(C)cc1C. The van der Waals surface area contributed by atoms with Crippen LogP contribution in [0.15, 0.2) is 18.2 Å². The number of aryl methyl sites for hydroxylation is 2. The van der Waals surface area contributed by atoms with Crippen molar-refractivity contribution in [1.82, 2.24) is 5.32 Å². The van der Waals surface area contributed by atoms with Crippen LogP contribution in [0, 0.1) is 13.8 Å². The molecular formula is C15H26N2O. The molecule has 1 aromatic carbocycles. The number of likely N-dealkylation sites (N-methyl/N-ethyl adjacent to an activating group) is 1. The van der Waals surface area contributed by atoms with Gasteiger partial charge in [0, 0.05) is 24.8 Å². The molecule has 0 spiro atoms. The fourth-order valence-electron chi connectivity index (χ4n) is 2.05. The molecule has 1 rings (SSSR count). The first-order valence-corrected chi connectivity index (χ1v) is 6.50. The zero-order valence-electron chi connectivity index (χ0n) is 12.2. The Morgan fingerprint density at radius 3 is 2.50 bits per heavy atom. The smallest absolute Gasteiger partial charge is 0.0611 e. The van der Waals surface area contributed by atoms with Gasteiger partial charge in [0.1, 0.15) is 0 Å². The zero-order valence-corrected chi connectivity index (χ0v) is 12.2. The summed E-state index contributed by atoms with van der Waals surface area (Å²) in [7, 11) is 4.00. The van der Waals surface area contributed by atoms with Crippen molar-refractivity contribution in [3.63, 3.8) is 0 Å². The third kappa shape index (κ3) is 3.72. The molecule has 0 saturated carbocycles. The van der Waals surface area contributed by atoms with Crippen molar-refractivity contribution in [2.75, 3.05) is 32.1 Å². The van der Waals surface area contributed by atoms with Crippen molar-refractivity contribution < 1.29 is 5.11 Å². The summed E-state index contributed by atoms with van der Waals surface area (Å²) in [6.07, 6.45) is 0.907. The molecule has 0 bridgehead atoms. The van der Waals surface area contributed by atoms with Crippen molar-refractivity contribution in [2.24, 2.45) is 0 Å². The van der Waals surface area contributed by atoms with E-state index in [1.807, 2.05) is 14.0 Å². The summed E-state index contributed by atoms with van der Waals surface area (Å²) in [6, 6.07) is 6.51. The van der Waals surface area contributed by atoms with E-state index in [0.29, 0.717) is 0 Å². The van der Waals surface area contributed by atoms with Crippen LogP contribution in [0.3, 0.4) is 0 Å². The number of anilines is 1. The van der Waals surface area contributed by atoms with Crippen LogP contribution in [0.25, 0.3) is 0 Å². The quantitative estimate of drug-likeness (QED) is 0.811. The lowest BCUT2D eigenvalue weighted by atomic mass is 9.99. The Hall–Kier alpha value is -1.06. The molecule has 0 radical (unpaired) electrons. The van der Waals surface area contributed by atoms with Crippen LogP contribution in [0.4, 0.5) is 5.69 Å². The highest BCUT2D eigenvalue weighted by Gasteiger charge is 2.21. The van der Waals surface area contributed by atoms with Gasteiger partial charge in [-0.1, -0.05) is 17.7 Å². The van der Waals surface area contributed by atoms with Crippen LogP contribution >= 0.6 is 0 Å². The molecule has 0 fully saturated rings. The van der Waals surface area contributed by atoms with E-state index in [4.69, 9.17) is 0 Å². The van der Waals surface area contributed by atoms with Gasteiger partial charge in [-0.3, -0.25) is 0 Å². The summed E-state index contributed by atoms with van der Waals surface area (Å²) in [6.45, 7) is 7.37. The maximum absolute atomic E-state index is 9.38. The largest absolute Gasteiger partial charge is 0.394 e. The lowest BCUT2D eigenvalue weighted by Crippen LogP contribution is -2.45. The van der Waals surface area contributed by atoms with Crippen molar-refractivity contribution in [1.29, 1.82) is 0 Å². The number of rotatable bonds is 6. The van der Waals surface area contributed by atoms with Gasteiger partial charge in [-0.05, 0) is 45.9 Å². The zero-order chi connectivity index (χ0) is 13.8. The molecule has 1 atom stereocenters. The van der Waals surface area contributed by atoms with Crippen LogP contribution in [0.1, 0.15) is 24.5 Å². The number of benzene rings is 1. The van der Waals surface area contributed by atoms with Gasteiger partial charge < -0.3 is 15.3 Å². The Kier molecular flexibility index (Phi) is 5.17. The van der Waals surface area contributed by atoms with E-state index >= 15 is 0 Å². The number of hydrogen-bond donors (Lipinski definition) is 2. The first-order valence-electron chi connectivity index (χ1n) is 6.50. The van der Waals surface area contributed by atoms with Crippen molar-refractivity contribution in [3.05, 3.63) is 29.3 Å². The average molecular weight is 250 g/mol. The van der Waals surface area contributed by atoms with Gasteiger partial charge in [-0.2, -0.15) is 0 Å². The van der Waals surface area contributed by atoms with E-state index in [-0.39, 0.29) is 12.1 Å². The lowest BCUT2D eigenvalue weighted by molar-refractivity contribution is 0.175. The Morgan fingerprint density at radius 2 is 2.00 bits per heavy atom. The van der Waals surface area contributed by atoms with Crippen LogP contribution in [0.2, 0.25) is 0 Å². The molecule has 18 heavy (non-hydrogen) atoms. The highest BCUT2D eigenvalue weighted by molar-refractivity contribution is 5.53. The van der Waals surface area contributed by atoms with Gasteiger partial charge in [0.05, 0.1) is 6.61 Å². The van der Waals surface area contributed by atoms with E-state index in [9.17, 15) is 5.11 Å². The maximum Gasteiger partial charge on any atom is 0.0611 e. The van der Waals surface area contributed by atoms with Crippen molar-refractivity contribution >= 4 is 5.69 Å². The van der Waals surface area contributed by atoms with Crippen molar-refractivity contribution in [2.45, 2.75) is 32.7 Å². The lowest BCUT2D eigenvalue weighted by Gasteiger charge is -2.30. The summed E-state index contributed by atoms with van der Waals surface area (Å²) in [5.74, 6) is 0. The molecule has 1 unspecified atom stereocenters. The van der Waals surface area contributed by atoms with E-state index in [1.54, 1.807) is 0 Å². The van der Waals surface area contributed by atoms with E-state index < -0.39 is 0 Å².